The van der Waals surface area contributed by atoms with Gasteiger partial charge in [-0.15, -0.1) is 0 Å². The Hall–Kier alpha value is -0.870. The summed E-state index contributed by atoms with van der Waals surface area (Å²) in [6.45, 7) is 0.886. The normalized spacial score (nSPS) is 39.5. The smallest absolute Gasteiger partial charge is 0.310 e. The highest BCUT2D eigenvalue weighted by molar-refractivity contribution is 8.00. The molecule has 0 aromatic carbocycles. The van der Waals surface area contributed by atoms with Gasteiger partial charge in [-0.3, -0.25) is 31.0 Å². The molecule has 5 atom stereocenters. The molecule has 3 saturated heterocycles. The second-order valence-corrected chi connectivity index (χ2v) is 11.2. The maximum atomic E-state index is 12.8. The zero-order valence-electron chi connectivity index (χ0n) is 18.6. The van der Waals surface area contributed by atoms with Crippen LogP contribution in [0.3, 0.4) is 0 Å². The summed E-state index contributed by atoms with van der Waals surface area (Å²) in [5.41, 5.74) is 0.182. The van der Waals surface area contributed by atoms with Gasteiger partial charge in [0.2, 0.25) is 5.91 Å². The maximum Gasteiger partial charge on any atom is 0.325 e. The minimum absolute atomic E-state index is 0.00519. The lowest BCUT2D eigenvalue weighted by atomic mass is 9.86. The second-order valence-electron chi connectivity index (χ2n) is 10.0. The van der Waals surface area contributed by atoms with Gasteiger partial charge in [0.15, 0.2) is 0 Å². The summed E-state index contributed by atoms with van der Waals surface area (Å²) in [5.74, 6) is 0.680. The van der Waals surface area contributed by atoms with Crippen molar-refractivity contribution in [2.45, 2.75) is 106 Å². The highest BCUT2D eigenvalue weighted by atomic mass is 32.2. The average Bonchev–Trinajstić information content (AvgIpc) is 3.34. The zero-order valence-corrected chi connectivity index (χ0v) is 19.5. The molecule has 8 nitrogen and oxygen atoms in total. The maximum absolute atomic E-state index is 12.8. The topological polar surface area (TPSA) is 88.7 Å². The monoisotopic (exact) mass is 450 g/mol. The molecule has 3 aliphatic heterocycles. The van der Waals surface area contributed by atoms with Crippen molar-refractivity contribution in [1.82, 2.24) is 31.1 Å². The molecule has 9 heteroatoms. The van der Waals surface area contributed by atoms with Crippen LogP contribution in [0, 0.1) is 5.92 Å². The molecule has 3 heterocycles. The summed E-state index contributed by atoms with van der Waals surface area (Å²) in [6, 6.07) is 0.481. The standard InChI is InChI=1S/C22H38N6O2S/c1-27-18-17(19(29)26-21(27)30)28(13-7-10-14-8-3-2-4-9-14)22(25-18)31-20-23-15-11-5-6-12-16(15)24-20/h14-18,20,22-25H,2-13H2,1H3,(H,26,29,30). The van der Waals surface area contributed by atoms with Crippen LogP contribution in [0.1, 0.15) is 70.6 Å². The van der Waals surface area contributed by atoms with Crippen molar-refractivity contribution < 1.29 is 9.59 Å². The molecule has 0 aromatic heterocycles. The van der Waals surface area contributed by atoms with E-state index >= 15 is 0 Å². The minimum Gasteiger partial charge on any atom is -0.310 e. The number of carbonyl (C=O) groups excluding carboxylic acids is 2. The van der Waals surface area contributed by atoms with Gasteiger partial charge in [-0.1, -0.05) is 56.7 Å². The van der Waals surface area contributed by atoms with Crippen LogP contribution in [0.15, 0.2) is 0 Å². The molecule has 0 bridgehead atoms. The molecular weight excluding hydrogens is 412 g/mol. The van der Waals surface area contributed by atoms with Gasteiger partial charge in [-0.25, -0.2) is 4.79 Å². The Morgan fingerprint density at radius 1 is 0.935 bits per heavy atom. The molecule has 0 radical (unpaired) electrons. The predicted molar refractivity (Wildman–Crippen MR) is 122 cm³/mol. The van der Waals surface area contributed by atoms with Crippen LogP contribution in [0.4, 0.5) is 4.79 Å². The third-order valence-electron chi connectivity index (χ3n) is 8.02. The fourth-order valence-corrected chi connectivity index (χ4v) is 7.63. The molecule has 4 N–H and O–H groups in total. The predicted octanol–water partition coefficient (Wildman–Crippen LogP) is 1.93. The third-order valence-corrected chi connectivity index (χ3v) is 9.23. The Balaban J connectivity index is 1.25. The quantitative estimate of drug-likeness (QED) is 0.492. The molecule has 0 aromatic rings. The molecular formula is C22H38N6O2S. The highest BCUT2D eigenvalue weighted by Gasteiger charge is 2.52. The highest BCUT2D eigenvalue weighted by Crippen LogP contribution is 2.34. The number of hydrogen-bond acceptors (Lipinski definition) is 7. The molecule has 0 spiro atoms. The summed E-state index contributed by atoms with van der Waals surface area (Å²) in [4.78, 5) is 29.0. The fourth-order valence-electron chi connectivity index (χ4n) is 6.26. The van der Waals surface area contributed by atoms with E-state index in [-0.39, 0.29) is 35.1 Å². The van der Waals surface area contributed by atoms with Crippen LogP contribution in [0.2, 0.25) is 0 Å². The largest absolute Gasteiger partial charge is 0.325 e. The number of urea groups is 1. The fraction of sp³-hybridized carbons (Fsp3) is 0.909. The van der Waals surface area contributed by atoms with Gasteiger partial charge >= 0.3 is 6.03 Å². The van der Waals surface area contributed by atoms with E-state index in [1.165, 1.54) is 64.2 Å². The number of nitrogens with zero attached hydrogens (tertiary/aromatic N) is 2. The van der Waals surface area contributed by atoms with Gasteiger partial charge in [-0.2, -0.15) is 0 Å². The lowest BCUT2D eigenvalue weighted by molar-refractivity contribution is -0.127. The molecule has 3 amide bonds. The van der Waals surface area contributed by atoms with Gasteiger partial charge in [0.25, 0.3) is 0 Å². The van der Waals surface area contributed by atoms with Crippen LogP contribution in [-0.2, 0) is 4.79 Å². The molecule has 5 unspecified atom stereocenters. The van der Waals surface area contributed by atoms with E-state index in [1.807, 2.05) is 11.8 Å². The van der Waals surface area contributed by atoms with Crippen molar-refractivity contribution in [3.05, 3.63) is 0 Å². The van der Waals surface area contributed by atoms with E-state index in [2.05, 4.69) is 26.2 Å². The van der Waals surface area contributed by atoms with E-state index < -0.39 is 0 Å². The number of fused-ring (bicyclic) bond motifs is 2. The first-order chi connectivity index (χ1) is 15.1. The third kappa shape index (κ3) is 4.62. The molecule has 5 aliphatic rings. The van der Waals surface area contributed by atoms with E-state index in [0.29, 0.717) is 12.1 Å². The van der Waals surface area contributed by atoms with Crippen LogP contribution in [0.5, 0.6) is 0 Å². The number of thioether (sulfide) groups is 1. The Morgan fingerprint density at radius 3 is 2.32 bits per heavy atom. The van der Waals surface area contributed by atoms with E-state index in [0.717, 1.165) is 18.9 Å². The van der Waals surface area contributed by atoms with Crippen molar-refractivity contribution in [3.8, 4) is 0 Å². The summed E-state index contributed by atoms with van der Waals surface area (Å²) in [6.07, 6.45) is 14.0. The van der Waals surface area contributed by atoms with Crippen molar-refractivity contribution in [2.75, 3.05) is 13.6 Å². The molecule has 31 heavy (non-hydrogen) atoms. The first-order valence-corrected chi connectivity index (χ1v) is 13.3. The average molecular weight is 451 g/mol. The van der Waals surface area contributed by atoms with Crippen molar-refractivity contribution >= 4 is 23.7 Å². The number of carbonyl (C=O) groups is 2. The molecule has 174 valence electrons. The minimum atomic E-state index is -0.324. The summed E-state index contributed by atoms with van der Waals surface area (Å²) >= 11 is 1.82. The number of amides is 3. The summed E-state index contributed by atoms with van der Waals surface area (Å²) in [5, 5.41) is 13.7. The summed E-state index contributed by atoms with van der Waals surface area (Å²) < 4.78 is 0. The Morgan fingerprint density at radius 2 is 1.61 bits per heavy atom. The van der Waals surface area contributed by atoms with Crippen LogP contribution >= 0.6 is 11.8 Å². The second kappa shape index (κ2) is 9.55. The van der Waals surface area contributed by atoms with Gasteiger partial charge in [0, 0.05) is 25.7 Å². The SMILES string of the molecule is CN1C(=O)NC(=O)C2C1NC(SC1NC3CCCCC3N1)N2CCCC1CCCCC1. The molecule has 5 fully saturated rings. The van der Waals surface area contributed by atoms with Crippen molar-refractivity contribution in [1.29, 1.82) is 0 Å². The number of nitrogens with one attached hydrogen (secondary N) is 4. The number of likely N-dealkylation sites (N-methyl/N-ethyl adjacent to an activating group) is 1. The van der Waals surface area contributed by atoms with Gasteiger partial charge in [-0.05, 0) is 31.6 Å². The molecule has 2 aliphatic carbocycles. The lowest BCUT2D eigenvalue weighted by Gasteiger charge is -2.36. The Bertz CT molecular complexity index is 660. The van der Waals surface area contributed by atoms with Crippen LogP contribution in [0.25, 0.3) is 0 Å². The zero-order chi connectivity index (χ0) is 21.4. The summed E-state index contributed by atoms with van der Waals surface area (Å²) in [7, 11) is 1.78. The molecule has 2 saturated carbocycles. The first-order valence-electron chi connectivity index (χ1n) is 12.4. The Kier molecular flexibility index (Phi) is 6.76. The van der Waals surface area contributed by atoms with E-state index in [4.69, 9.17) is 0 Å². The van der Waals surface area contributed by atoms with E-state index in [1.54, 1.807) is 11.9 Å². The van der Waals surface area contributed by atoms with Gasteiger partial charge in [0.05, 0.1) is 0 Å². The van der Waals surface area contributed by atoms with Crippen LogP contribution in [-0.4, -0.2) is 70.6 Å². The van der Waals surface area contributed by atoms with Crippen molar-refractivity contribution in [2.24, 2.45) is 5.92 Å². The van der Waals surface area contributed by atoms with Gasteiger partial charge < -0.3 is 4.90 Å². The lowest BCUT2D eigenvalue weighted by Crippen LogP contribution is -2.64. The number of imide groups is 1. The molecule has 5 rings (SSSR count). The van der Waals surface area contributed by atoms with E-state index in [9.17, 15) is 9.59 Å². The Labute approximate surface area is 190 Å². The van der Waals surface area contributed by atoms with Crippen molar-refractivity contribution in [3.63, 3.8) is 0 Å². The van der Waals surface area contributed by atoms with Crippen LogP contribution < -0.4 is 21.3 Å². The van der Waals surface area contributed by atoms with Gasteiger partial charge in [0.1, 0.15) is 23.2 Å². The number of hydrogen-bond donors (Lipinski definition) is 4. The first kappa shape index (κ1) is 21.9. The number of rotatable bonds is 6.